The summed E-state index contributed by atoms with van der Waals surface area (Å²) >= 11 is 1.28. The van der Waals surface area contributed by atoms with Gasteiger partial charge in [-0.15, -0.1) is 11.3 Å². The fourth-order valence-electron chi connectivity index (χ4n) is 2.94. The van der Waals surface area contributed by atoms with Gasteiger partial charge in [-0.25, -0.2) is 8.78 Å². The summed E-state index contributed by atoms with van der Waals surface area (Å²) in [4.78, 5) is 25.9. The number of hydrogen-bond donors (Lipinski definition) is 2. The van der Waals surface area contributed by atoms with E-state index in [4.69, 9.17) is 0 Å². The van der Waals surface area contributed by atoms with Crippen LogP contribution in [-0.2, 0) is 11.2 Å². The van der Waals surface area contributed by atoms with Crippen LogP contribution >= 0.6 is 11.3 Å². The second kappa shape index (κ2) is 9.43. The number of benzene rings is 2. The number of halogens is 2. The zero-order valence-electron chi connectivity index (χ0n) is 15.7. The number of nitrogens with one attached hydrogen (secondary N) is 2. The lowest BCUT2D eigenvalue weighted by atomic mass is 10.0. The fraction of sp³-hybridized carbons (Fsp3) is 0.182. The Kier molecular flexibility index (Phi) is 6.72. The van der Waals surface area contributed by atoms with E-state index >= 15 is 0 Å². The topological polar surface area (TPSA) is 58.2 Å². The molecule has 2 amide bonds. The number of carbonyl (C=O) groups excluding carboxylic acids is 2. The maximum atomic E-state index is 14.0. The average molecular weight is 414 g/mol. The molecule has 0 saturated heterocycles. The SMILES string of the molecule is CC(NC(=O)C(Cc1ccccc1)NC(=O)c1cccs1)c1ccc(F)cc1F. The highest BCUT2D eigenvalue weighted by Gasteiger charge is 2.24. The van der Waals surface area contributed by atoms with Crippen LogP contribution in [0.15, 0.2) is 66.0 Å². The second-order valence-electron chi connectivity index (χ2n) is 6.59. The first kappa shape index (κ1) is 20.7. The molecule has 0 saturated carbocycles. The van der Waals surface area contributed by atoms with E-state index in [1.165, 1.54) is 17.4 Å². The van der Waals surface area contributed by atoms with E-state index in [0.717, 1.165) is 17.7 Å². The van der Waals surface area contributed by atoms with Gasteiger partial charge in [0.15, 0.2) is 0 Å². The standard InChI is InChI=1S/C22H20F2N2O2S/c1-14(17-10-9-16(23)13-18(17)24)25-21(27)19(12-15-6-3-2-4-7-15)26-22(28)20-8-5-11-29-20/h2-11,13-14,19H,12H2,1H3,(H,25,27)(H,26,28). The van der Waals surface area contributed by atoms with Crippen LogP contribution in [-0.4, -0.2) is 17.9 Å². The number of rotatable bonds is 7. The van der Waals surface area contributed by atoms with Gasteiger partial charge in [0.25, 0.3) is 5.91 Å². The van der Waals surface area contributed by atoms with Crippen molar-refractivity contribution in [2.75, 3.05) is 0 Å². The molecule has 150 valence electrons. The summed E-state index contributed by atoms with van der Waals surface area (Å²) in [5, 5.41) is 7.25. The molecule has 0 bridgehead atoms. The van der Waals surface area contributed by atoms with Gasteiger partial charge < -0.3 is 10.6 Å². The lowest BCUT2D eigenvalue weighted by molar-refractivity contribution is -0.123. The third kappa shape index (κ3) is 5.48. The molecule has 7 heteroatoms. The minimum Gasteiger partial charge on any atom is -0.348 e. The van der Waals surface area contributed by atoms with Crippen molar-refractivity contribution in [1.29, 1.82) is 0 Å². The van der Waals surface area contributed by atoms with Gasteiger partial charge in [0.1, 0.15) is 17.7 Å². The maximum Gasteiger partial charge on any atom is 0.262 e. The molecule has 29 heavy (non-hydrogen) atoms. The van der Waals surface area contributed by atoms with Crippen molar-refractivity contribution >= 4 is 23.2 Å². The Labute approximate surface area is 171 Å². The van der Waals surface area contributed by atoms with Crippen molar-refractivity contribution in [3.05, 3.63) is 93.7 Å². The third-order valence-electron chi connectivity index (χ3n) is 4.44. The fourth-order valence-corrected chi connectivity index (χ4v) is 3.57. The van der Waals surface area contributed by atoms with Gasteiger partial charge >= 0.3 is 0 Å². The van der Waals surface area contributed by atoms with Gasteiger partial charge in [0, 0.05) is 18.1 Å². The van der Waals surface area contributed by atoms with E-state index < -0.39 is 29.6 Å². The molecule has 2 unspecified atom stereocenters. The normalized spacial score (nSPS) is 12.8. The van der Waals surface area contributed by atoms with Crippen molar-refractivity contribution in [2.45, 2.75) is 25.4 Å². The van der Waals surface area contributed by atoms with Crippen molar-refractivity contribution in [3.8, 4) is 0 Å². The van der Waals surface area contributed by atoms with Crippen LogP contribution in [0.5, 0.6) is 0 Å². The Morgan fingerprint density at radius 3 is 2.41 bits per heavy atom. The molecule has 2 aromatic carbocycles. The maximum absolute atomic E-state index is 14.0. The molecule has 2 atom stereocenters. The van der Waals surface area contributed by atoms with Gasteiger partial charge in [-0.1, -0.05) is 42.5 Å². The van der Waals surface area contributed by atoms with Gasteiger partial charge in [-0.2, -0.15) is 0 Å². The van der Waals surface area contributed by atoms with Crippen molar-refractivity contribution in [1.82, 2.24) is 10.6 Å². The quantitative estimate of drug-likeness (QED) is 0.607. The highest BCUT2D eigenvalue weighted by atomic mass is 32.1. The highest BCUT2D eigenvalue weighted by Crippen LogP contribution is 2.18. The Bertz CT molecular complexity index is 978. The van der Waals surface area contributed by atoms with Crippen LogP contribution in [0.1, 0.15) is 33.8 Å². The number of carbonyl (C=O) groups is 2. The molecular weight excluding hydrogens is 394 g/mol. The molecule has 0 spiro atoms. The Morgan fingerprint density at radius 2 is 1.76 bits per heavy atom. The van der Waals surface area contributed by atoms with Crippen LogP contribution in [0.25, 0.3) is 0 Å². The molecule has 1 aromatic heterocycles. The predicted octanol–water partition coefficient (Wildman–Crippen LogP) is 4.24. The molecule has 0 radical (unpaired) electrons. The van der Waals surface area contributed by atoms with Crippen molar-refractivity contribution < 1.29 is 18.4 Å². The molecule has 3 aromatic rings. The minimum absolute atomic E-state index is 0.169. The van der Waals surface area contributed by atoms with Crippen LogP contribution in [0.2, 0.25) is 0 Å². The largest absolute Gasteiger partial charge is 0.348 e. The number of thiophene rings is 1. The average Bonchev–Trinajstić information content (AvgIpc) is 3.23. The van der Waals surface area contributed by atoms with Crippen molar-refractivity contribution in [2.24, 2.45) is 0 Å². The predicted molar refractivity (Wildman–Crippen MR) is 109 cm³/mol. The molecule has 4 nitrogen and oxygen atoms in total. The molecule has 1 heterocycles. The molecule has 0 aliphatic heterocycles. The molecular formula is C22H20F2N2O2S. The molecule has 2 N–H and O–H groups in total. The lowest BCUT2D eigenvalue weighted by Gasteiger charge is -2.22. The summed E-state index contributed by atoms with van der Waals surface area (Å²) < 4.78 is 27.2. The van der Waals surface area contributed by atoms with E-state index in [1.807, 2.05) is 30.3 Å². The summed E-state index contributed by atoms with van der Waals surface area (Å²) in [6.07, 6.45) is 0.280. The number of amides is 2. The Balaban J connectivity index is 1.76. The summed E-state index contributed by atoms with van der Waals surface area (Å²) in [6, 6.07) is 14.4. The second-order valence-corrected chi connectivity index (χ2v) is 7.54. The van der Waals surface area contributed by atoms with Crippen LogP contribution in [0.4, 0.5) is 8.78 Å². The Hall–Kier alpha value is -3.06. The summed E-state index contributed by atoms with van der Waals surface area (Å²) in [5.74, 6) is -2.22. The van der Waals surface area contributed by atoms with E-state index in [1.54, 1.807) is 24.4 Å². The van der Waals surface area contributed by atoms with E-state index in [9.17, 15) is 18.4 Å². The first-order valence-corrected chi connectivity index (χ1v) is 9.95. The third-order valence-corrected chi connectivity index (χ3v) is 5.31. The van der Waals surface area contributed by atoms with Gasteiger partial charge in [-0.05, 0) is 30.0 Å². The zero-order chi connectivity index (χ0) is 20.8. The smallest absolute Gasteiger partial charge is 0.262 e. The molecule has 3 rings (SSSR count). The van der Waals surface area contributed by atoms with Gasteiger partial charge in [-0.3, -0.25) is 9.59 Å². The van der Waals surface area contributed by atoms with Gasteiger partial charge in [0.05, 0.1) is 10.9 Å². The highest BCUT2D eigenvalue weighted by molar-refractivity contribution is 7.12. The first-order valence-electron chi connectivity index (χ1n) is 9.07. The van der Waals surface area contributed by atoms with Crippen LogP contribution < -0.4 is 10.6 Å². The first-order chi connectivity index (χ1) is 13.9. The molecule has 0 aliphatic carbocycles. The van der Waals surface area contributed by atoms with Crippen LogP contribution in [0.3, 0.4) is 0 Å². The van der Waals surface area contributed by atoms with Crippen LogP contribution in [0, 0.1) is 11.6 Å². The summed E-state index contributed by atoms with van der Waals surface area (Å²) in [6.45, 7) is 1.61. The minimum atomic E-state index is -0.849. The van der Waals surface area contributed by atoms with E-state index in [2.05, 4.69) is 10.6 Å². The Morgan fingerprint density at radius 1 is 1.00 bits per heavy atom. The summed E-state index contributed by atoms with van der Waals surface area (Å²) in [5.41, 5.74) is 1.04. The molecule has 0 aliphatic rings. The molecule has 0 fully saturated rings. The monoisotopic (exact) mass is 414 g/mol. The van der Waals surface area contributed by atoms with E-state index in [0.29, 0.717) is 4.88 Å². The summed E-state index contributed by atoms with van der Waals surface area (Å²) in [7, 11) is 0. The zero-order valence-corrected chi connectivity index (χ0v) is 16.5. The van der Waals surface area contributed by atoms with Gasteiger partial charge in [0.2, 0.25) is 5.91 Å². The van der Waals surface area contributed by atoms with E-state index in [-0.39, 0.29) is 17.9 Å². The van der Waals surface area contributed by atoms with Crippen molar-refractivity contribution in [3.63, 3.8) is 0 Å². The lowest BCUT2D eigenvalue weighted by Crippen LogP contribution is -2.48. The number of hydrogen-bond acceptors (Lipinski definition) is 3.